The van der Waals surface area contributed by atoms with Crippen molar-refractivity contribution in [2.75, 3.05) is 18.4 Å². The number of nitrogens with one attached hydrogen (secondary N) is 1. The predicted octanol–water partition coefficient (Wildman–Crippen LogP) is 4.99. The smallest absolute Gasteiger partial charge is 0.274 e. The first kappa shape index (κ1) is 25.7. The van der Waals surface area contributed by atoms with E-state index in [1.807, 2.05) is 29.8 Å². The van der Waals surface area contributed by atoms with Crippen molar-refractivity contribution in [1.82, 2.24) is 24.6 Å². The van der Waals surface area contributed by atoms with E-state index in [2.05, 4.69) is 51.6 Å². The molecule has 39 heavy (non-hydrogen) atoms. The highest BCUT2D eigenvalue weighted by molar-refractivity contribution is 6.03. The van der Waals surface area contributed by atoms with Gasteiger partial charge in [-0.15, -0.1) is 10.2 Å². The van der Waals surface area contributed by atoms with Crippen LogP contribution in [-0.2, 0) is 25.4 Å². The summed E-state index contributed by atoms with van der Waals surface area (Å²) in [4.78, 5) is 20.8. The highest BCUT2D eigenvalue weighted by Crippen LogP contribution is 2.50. The molecular formula is C31H37N7O. The van der Waals surface area contributed by atoms with E-state index in [1.165, 1.54) is 18.4 Å². The Morgan fingerprint density at radius 3 is 2.77 bits per heavy atom. The Hall–Kier alpha value is -3.57. The van der Waals surface area contributed by atoms with Crippen molar-refractivity contribution in [3.63, 3.8) is 0 Å². The van der Waals surface area contributed by atoms with E-state index in [9.17, 15) is 10.1 Å². The molecule has 2 aromatic heterocycles. The summed E-state index contributed by atoms with van der Waals surface area (Å²) in [6, 6.07) is 14.7. The summed E-state index contributed by atoms with van der Waals surface area (Å²) in [5.41, 5.74) is 4.40. The molecular weight excluding hydrogens is 486 g/mol. The number of anilines is 1. The van der Waals surface area contributed by atoms with Crippen LogP contribution in [0, 0.1) is 23.2 Å². The Kier molecular flexibility index (Phi) is 6.94. The molecule has 3 heterocycles. The van der Waals surface area contributed by atoms with E-state index in [-0.39, 0.29) is 17.2 Å². The summed E-state index contributed by atoms with van der Waals surface area (Å²) in [6.45, 7) is 5.41. The van der Waals surface area contributed by atoms with Gasteiger partial charge < -0.3 is 9.88 Å². The Morgan fingerprint density at radius 1 is 1.21 bits per heavy atom. The number of likely N-dealkylation sites (tertiary alicyclic amines) is 1. The lowest BCUT2D eigenvalue weighted by Crippen LogP contribution is -2.43. The van der Waals surface area contributed by atoms with E-state index in [1.54, 1.807) is 6.33 Å². The topological polar surface area (TPSA) is 99.7 Å². The summed E-state index contributed by atoms with van der Waals surface area (Å²) in [7, 11) is 1.95. The van der Waals surface area contributed by atoms with Gasteiger partial charge in [0.25, 0.3) is 5.91 Å². The quantitative estimate of drug-likeness (QED) is 0.447. The van der Waals surface area contributed by atoms with Crippen LogP contribution >= 0.6 is 0 Å². The number of benzene rings is 1. The van der Waals surface area contributed by atoms with E-state index in [4.69, 9.17) is 4.98 Å². The molecule has 1 amide bonds. The zero-order chi connectivity index (χ0) is 27.0. The van der Waals surface area contributed by atoms with Crippen LogP contribution in [0.3, 0.4) is 0 Å². The Labute approximate surface area is 230 Å². The van der Waals surface area contributed by atoms with Gasteiger partial charge in [0.2, 0.25) is 0 Å². The molecule has 1 aliphatic heterocycles. The molecule has 0 unspecified atom stereocenters. The molecule has 1 N–H and O–H groups in total. The van der Waals surface area contributed by atoms with Gasteiger partial charge in [-0.3, -0.25) is 9.69 Å². The van der Waals surface area contributed by atoms with Gasteiger partial charge >= 0.3 is 0 Å². The molecule has 3 aromatic rings. The van der Waals surface area contributed by atoms with Crippen molar-refractivity contribution in [3.05, 3.63) is 71.1 Å². The van der Waals surface area contributed by atoms with Crippen LogP contribution in [-0.4, -0.2) is 43.6 Å². The number of amides is 1. The fraction of sp³-hybridized carbons (Fsp3) is 0.516. The van der Waals surface area contributed by atoms with Gasteiger partial charge in [-0.25, -0.2) is 4.98 Å². The van der Waals surface area contributed by atoms with Crippen molar-refractivity contribution in [2.45, 2.75) is 69.7 Å². The molecule has 3 fully saturated rings. The highest BCUT2D eigenvalue weighted by atomic mass is 16.1. The van der Waals surface area contributed by atoms with Crippen molar-refractivity contribution >= 4 is 11.6 Å². The third-order valence-corrected chi connectivity index (χ3v) is 8.77. The average Bonchev–Trinajstić information content (AvgIpc) is 3.68. The molecule has 6 rings (SSSR count). The number of nitriles is 1. The molecule has 2 aliphatic carbocycles. The van der Waals surface area contributed by atoms with Crippen molar-refractivity contribution in [3.8, 4) is 6.07 Å². The fourth-order valence-corrected chi connectivity index (χ4v) is 6.44. The number of pyridine rings is 1. The first-order valence-electron chi connectivity index (χ1n) is 14.3. The number of hydrogen-bond donors (Lipinski definition) is 1. The number of nitrogens with zero attached hydrogens (tertiary/aromatic N) is 6. The Morgan fingerprint density at radius 2 is 2.05 bits per heavy atom. The standard InChI is InChI=1S/C31H37N7O/c1-21-5-4-10-38(18-21)19-22-11-27(24-8-9-24)35-28(12-22)30(39)34-26-7-3-6-25(13-26)31(14-23(15-31)17-32)16-29-36-33-20-37(29)2/h3,6-7,11-13,20-21,23-24H,4-5,8-10,14-16,18-19H2,1-2H3,(H,34,39)/t21-,23?,31?/m0/s1. The van der Waals surface area contributed by atoms with Crippen LogP contribution in [0.4, 0.5) is 5.69 Å². The van der Waals surface area contributed by atoms with Gasteiger partial charge in [0.15, 0.2) is 0 Å². The lowest BCUT2D eigenvalue weighted by atomic mass is 9.57. The largest absolute Gasteiger partial charge is 0.321 e. The number of hydrogen-bond acceptors (Lipinski definition) is 6. The summed E-state index contributed by atoms with van der Waals surface area (Å²) in [6.07, 6.45) is 8.80. The van der Waals surface area contributed by atoms with Gasteiger partial charge in [-0.05, 0) is 86.4 Å². The molecule has 8 heteroatoms. The summed E-state index contributed by atoms with van der Waals surface area (Å²) in [5.74, 6) is 1.96. The number of rotatable bonds is 8. The maximum Gasteiger partial charge on any atom is 0.274 e. The molecule has 1 saturated heterocycles. The zero-order valence-corrected chi connectivity index (χ0v) is 22.9. The average molecular weight is 524 g/mol. The second-order valence-corrected chi connectivity index (χ2v) is 12.1. The number of aromatic nitrogens is 4. The third-order valence-electron chi connectivity index (χ3n) is 8.77. The van der Waals surface area contributed by atoms with Crippen LogP contribution in [0.15, 0.2) is 42.7 Å². The molecule has 0 radical (unpaired) electrons. The summed E-state index contributed by atoms with van der Waals surface area (Å²) in [5, 5.41) is 21.0. The summed E-state index contributed by atoms with van der Waals surface area (Å²) >= 11 is 0. The van der Waals surface area contributed by atoms with E-state index in [0.717, 1.165) is 74.0 Å². The molecule has 2 saturated carbocycles. The lowest BCUT2D eigenvalue weighted by Gasteiger charge is -2.45. The van der Waals surface area contributed by atoms with E-state index < -0.39 is 0 Å². The monoisotopic (exact) mass is 523 g/mol. The molecule has 0 spiro atoms. The highest BCUT2D eigenvalue weighted by Gasteiger charge is 2.46. The maximum atomic E-state index is 13.5. The van der Waals surface area contributed by atoms with Crippen LogP contribution in [0.2, 0.25) is 0 Å². The van der Waals surface area contributed by atoms with Crippen LogP contribution in [0.5, 0.6) is 0 Å². The molecule has 3 aliphatic rings. The maximum absolute atomic E-state index is 13.5. The van der Waals surface area contributed by atoms with Crippen molar-refractivity contribution < 1.29 is 4.79 Å². The fourth-order valence-electron chi connectivity index (χ4n) is 6.44. The Bertz CT molecular complexity index is 1400. The van der Waals surface area contributed by atoms with Crippen LogP contribution in [0.1, 0.15) is 84.5 Å². The van der Waals surface area contributed by atoms with Crippen LogP contribution in [0.25, 0.3) is 0 Å². The molecule has 1 atom stereocenters. The number of carbonyl (C=O) groups excluding carboxylic acids is 1. The third kappa shape index (κ3) is 5.60. The van der Waals surface area contributed by atoms with Crippen LogP contribution < -0.4 is 5.32 Å². The summed E-state index contributed by atoms with van der Waals surface area (Å²) < 4.78 is 1.94. The van der Waals surface area contributed by atoms with Gasteiger partial charge in [0, 0.05) is 55.2 Å². The minimum absolute atomic E-state index is 0.0344. The van der Waals surface area contributed by atoms with Gasteiger partial charge in [0.05, 0.1) is 6.07 Å². The van der Waals surface area contributed by atoms with E-state index in [0.29, 0.717) is 18.0 Å². The number of piperidine rings is 1. The molecule has 0 bridgehead atoms. The molecule has 1 aromatic carbocycles. The first-order chi connectivity index (χ1) is 18.9. The first-order valence-corrected chi connectivity index (χ1v) is 14.3. The minimum Gasteiger partial charge on any atom is -0.321 e. The zero-order valence-electron chi connectivity index (χ0n) is 22.9. The molecule has 202 valence electrons. The number of aryl methyl sites for hydroxylation is 1. The SMILES string of the molecule is C[C@H]1CCCN(Cc2cc(C(=O)Nc3cccc(C4(Cc5nncn5C)CC(C#N)C4)c3)nc(C3CC3)c2)C1. The minimum atomic E-state index is -0.190. The van der Waals surface area contributed by atoms with Crippen molar-refractivity contribution in [1.29, 1.82) is 5.26 Å². The Balaban J connectivity index is 1.22. The van der Waals surface area contributed by atoms with E-state index >= 15 is 0 Å². The lowest BCUT2D eigenvalue weighted by molar-refractivity contribution is 0.102. The molecule has 8 nitrogen and oxygen atoms in total. The van der Waals surface area contributed by atoms with Gasteiger partial charge in [-0.2, -0.15) is 5.26 Å². The number of carbonyl (C=O) groups is 1. The van der Waals surface area contributed by atoms with Gasteiger partial charge in [0.1, 0.15) is 17.8 Å². The second-order valence-electron chi connectivity index (χ2n) is 12.1. The van der Waals surface area contributed by atoms with Crippen molar-refractivity contribution in [2.24, 2.45) is 18.9 Å². The van der Waals surface area contributed by atoms with Gasteiger partial charge in [-0.1, -0.05) is 19.1 Å². The predicted molar refractivity (Wildman–Crippen MR) is 149 cm³/mol. The normalized spacial score (nSPS) is 25.1. The second kappa shape index (κ2) is 10.5.